The summed E-state index contributed by atoms with van der Waals surface area (Å²) in [5.74, 6) is 0. The molecule has 0 aromatic heterocycles. The molecule has 0 fully saturated rings. The molecule has 0 heterocycles. The maximum Gasteiger partial charge on any atom is 0.417 e. The fraction of sp³-hybridized carbons (Fsp3) is 0.222. The summed E-state index contributed by atoms with van der Waals surface area (Å²) in [5.41, 5.74) is -2.05. The van der Waals surface area contributed by atoms with Gasteiger partial charge in [-0.15, -0.1) is 0 Å². The van der Waals surface area contributed by atoms with E-state index < -0.39 is 27.5 Å². The van der Waals surface area contributed by atoms with Gasteiger partial charge in [0.25, 0.3) is 10.2 Å². The van der Waals surface area contributed by atoms with Gasteiger partial charge in [0.15, 0.2) is 0 Å². The molecule has 0 aliphatic carbocycles. The van der Waals surface area contributed by atoms with Crippen LogP contribution in [0.1, 0.15) is 11.1 Å². The third-order valence-corrected chi connectivity index (χ3v) is 3.01. The number of rotatable bonds is 3. The molecule has 0 atom stereocenters. The molecule has 0 bridgehead atoms. The summed E-state index contributed by atoms with van der Waals surface area (Å²) in [4.78, 5) is 0. The van der Waals surface area contributed by atoms with E-state index in [1.165, 1.54) is 6.07 Å². The number of nitrogens with zero attached hydrogens (tertiary/aromatic N) is 1. The van der Waals surface area contributed by atoms with Gasteiger partial charge in [-0.2, -0.15) is 26.9 Å². The molecule has 0 aliphatic rings. The lowest BCUT2D eigenvalue weighted by molar-refractivity contribution is -0.137. The number of benzene rings is 1. The Morgan fingerprint density at radius 3 is 2.39 bits per heavy atom. The van der Waals surface area contributed by atoms with Crippen LogP contribution in [0.2, 0.25) is 0 Å². The topological polar surface area (TPSA) is 82.0 Å². The summed E-state index contributed by atoms with van der Waals surface area (Å²) in [5, 5.41) is 8.55. The van der Waals surface area contributed by atoms with Crippen molar-refractivity contribution in [3.63, 3.8) is 0 Å². The van der Waals surface area contributed by atoms with E-state index >= 15 is 0 Å². The molecular formula is C9H8F3N3O2S. The van der Waals surface area contributed by atoms with Crippen LogP contribution >= 0.6 is 0 Å². The zero-order valence-corrected chi connectivity index (χ0v) is 9.85. The van der Waals surface area contributed by atoms with Crippen LogP contribution < -0.4 is 9.44 Å². The molecule has 18 heavy (non-hydrogen) atoms. The second kappa shape index (κ2) is 4.83. The van der Waals surface area contributed by atoms with Crippen molar-refractivity contribution in [1.82, 2.24) is 4.72 Å². The van der Waals surface area contributed by atoms with E-state index in [9.17, 15) is 21.6 Å². The highest BCUT2D eigenvalue weighted by atomic mass is 32.2. The highest BCUT2D eigenvalue weighted by Crippen LogP contribution is 2.33. The number of hydrogen-bond acceptors (Lipinski definition) is 3. The van der Waals surface area contributed by atoms with E-state index in [1.807, 2.05) is 9.44 Å². The zero-order valence-electron chi connectivity index (χ0n) is 9.04. The monoisotopic (exact) mass is 279 g/mol. The van der Waals surface area contributed by atoms with E-state index in [2.05, 4.69) is 0 Å². The molecule has 0 radical (unpaired) electrons. The Kier molecular flexibility index (Phi) is 3.83. The summed E-state index contributed by atoms with van der Waals surface area (Å²) in [6, 6.07) is 3.93. The van der Waals surface area contributed by atoms with Crippen LogP contribution in [0.25, 0.3) is 0 Å². The Bertz CT molecular complexity index is 590. The molecule has 0 amide bonds. The molecule has 9 heteroatoms. The highest BCUT2D eigenvalue weighted by molar-refractivity contribution is 7.90. The lowest BCUT2D eigenvalue weighted by Gasteiger charge is -2.12. The van der Waals surface area contributed by atoms with Crippen molar-refractivity contribution in [3.05, 3.63) is 29.3 Å². The minimum absolute atomic E-state index is 0.282. The SMILES string of the molecule is CNS(=O)(=O)Nc1ccc(C#N)c(C(F)(F)F)c1. The molecular weight excluding hydrogens is 271 g/mol. The third-order valence-electron chi connectivity index (χ3n) is 1.97. The number of anilines is 1. The van der Waals surface area contributed by atoms with Gasteiger partial charge in [0.05, 0.1) is 22.9 Å². The summed E-state index contributed by atoms with van der Waals surface area (Å²) < 4.78 is 63.8. The Hall–Kier alpha value is -1.79. The average molecular weight is 279 g/mol. The second-order valence-corrected chi connectivity index (χ2v) is 4.80. The first-order chi connectivity index (χ1) is 8.19. The van der Waals surface area contributed by atoms with E-state index in [0.29, 0.717) is 6.07 Å². The van der Waals surface area contributed by atoms with Crippen molar-refractivity contribution in [2.75, 3.05) is 11.8 Å². The summed E-state index contributed by atoms with van der Waals surface area (Å²) >= 11 is 0. The van der Waals surface area contributed by atoms with E-state index in [1.54, 1.807) is 0 Å². The molecule has 0 aliphatic heterocycles. The number of alkyl halides is 3. The molecule has 0 saturated heterocycles. The molecule has 0 spiro atoms. The summed E-state index contributed by atoms with van der Waals surface area (Å²) in [6.45, 7) is 0. The predicted molar refractivity (Wildman–Crippen MR) is 57.8 cm³/mol. The van der Waals surface area contributed by atoms with E-state index in [0.717, 1.165) is 19.2 Å². The van der Waals surface area contributed by atoms with Gasteiger partial charge in [-0.25, -0.2) is 4.72 Å². The van der Waals surface area contributed by atoms with Crippen molar-refractivity contribution in [1.29, 1.82) is 5.26 Å². The Morgan fingerprint density at radius 1 is 1.33 bits per heavy atom. The summed E-state index contributed by atoms with van der Waals surface area (Å²) in [7, 11) is -2.80. The molecule has 2 N–H and O–H groups in total. The normalized spacial score (nSPS) is 11.9. The number of halogens is 3. The van der Waals surface area contributed by atoms with Gasteiger partial charge in [0.1, 0.15) is 0 Å². The first-order valence-corrected chi connectivity index (χ1v) is 6.00. The minimum Gasteiger partial charge on any atom is -0.271 e. The third kappa shape index (κ3) is 3.35. The first kappa shape index (κ1) is 14.3. The smallest absolute Gasteiger partial charge is 0.271 e. The van der Waals surface area contributed by atoms with Gasteiger partial charge in [-0.1, -0.05) is 0 Å². The average Bonchev–Trinajstić information content (AvgIpc) is 2.27. The van der Waals surface area contributed by atoms with Crippen LogP contribution in [-0.4, -0.2) is 15.5 Å². The van der Waals surface area contributed by atoms with Gasteiger partial charge in [-0.3, -0.25) is 4.72 Å². The lowest BCUT2D eigenvalue weighted by atomic mass is 10.1. The molecule has 0 saturated carbocycles. The lowest BCUT2D eigenvalue weighted by Crippen LogP contribution is -2.26. The van der Waals surface area contributed by atoms with Gasteiger partial charge in [-0.05, 0) is 18.2 Å². The Morgan fingerprint density at radius 2 is 1.94 bits per heavy atom. The first-order valence-electron chi connectivity index (χ1n) is 4.52. The largest absolute Gasteiger partial charge is 0.417 e. The van der Waals surface area contributed by atoms with Crippen molar-refractivity contribution >= 4 is 15.9 Å². The number of nitrogens with one attached hydrogen (secondary N) is 2. The fourth-order valence-corrected chi connectivity index (χ4v) is 1.69. The maximum atomic E-state index is 12.6. The van der Waals surface area contributed by atoms with Crippen molar-refractivity contribution in [2.45, 2.75) is 6.18 Å². The van der Waals surface area contributed by atoms with Gasteiger partial charge < -0.3 is 0 Å². The molecule has 98 valence electrons. The molecule has 1 aromatic rings. The van der Waals surface area contributed by atoms with E-state index in [-0.39, 0.29) is 5.69 Å². The fourth-order valence-electron chi connectivity index (χ4n) is 1.15. The number of hydrogen-bond donors (Lipinski definition) is 2. The van der Waals surface area contributed by atoms with Crippen LogP contribution in [0.15, 0.2) is 18.2 Å². The molecule has 1 rings (SSSR count). The van der Waals surface area contributed by atoms with Crippen LogP contribution in [0, 0.1) is 11.3 Å². The van der Waals surface area contributed by atoms with Crippen LogP contribution in [-0.2, 0) is 16.4 Å². The summed E-state index contributed by atoms with van der Waals surface area (Å²) in [6.07, 6.45) is -4.73. The van der Waals surface area contributed by atoms with Crippen molar-refractivity contribution < 1.29 is 21.6 Å². The van der Waals surface area contributed by atoms with E-state index in [4.69, 9.17) is 5.26 Å². The Labute approximate surface area is 101 Å². The van der Waals surface area contributed by atoms with Crippen LogP contribution in [0.3, 0.4) is 0 Å². The molecule has 1 aromatic carbocycles. The molecule has 5 nitrogen and oxygen atoms in total. The predicted octanol–water partition coefficient (Wildman–Crippen LogP) is 1.45. The van der Waals surface area contributed by atoms with Crippen molar-refractivity contribution in [2.24, 2.45) is 0 Å². The Balaban J connectivity index is 3.25. The maximum absolute atomic E-state index is 12.6. The van der Waals surface area contributed by atoms with Gasteiger partial charge in [0, 0.05) is 7.05 Å². The number of nitriles is 1. The highest BCUT2D eigenvalue weighted by Gasteiger charge is 2.34. The van der Waals surface area contributed by atoms with Gasteiger partial charge >= 0.3 is 6.18 Å². The van der Waals surface area contributed by atoms with Crippen LogP contribution in [0.4, 0.5) is 18.9 Å². The standard InChI is InChI=1S/C9H8F3N3O2S/c1-14-18(16,17)15-7-3-2-6(5-13)8(4-7)9(10,11)12/h2-4,14-15H,1H3. The van der Waals surface area contributed by atoms with Gasteiger partial charge in [0.2, 0.25) is 0 Å². The zero-order chi connectivity index (χ0) is 14.0. The minimum atomic E-state index is -4.73. The van der Waals surface area contributed by atoms with Crippen molar-refractivity contribution in [3.8, 4) is 6.07 Å². The van der Waals surface area contributed by atoms with Crippen LogP contribution in [0.5, 0.6) is 0 Å². The second-order valence-electron chi connectivity index (χ2n) is 3.18. The molecule has 0 unspecified atom stereocenters. The quantitative estimate of drug-likeness (QED) is 0.878.